The van der Waals surface area contributed by atoms with E-state index in [2.05, 4.69) is 46.8 Å². The molecule has 1 aromatic carbocycles. The van der Waals surface area contributed by atoms with E-state index in [4.69, 9.17) is 15.2 Å². The fraction of sp³-hybridized carbons (Fsp3) is 0.606. The minimum Gasteiger partial charge on any atom is -0.489 e. The molecule has 0 radical (unpaired) electrons. The van der Waals surface area contributed by atoms with Crippen molar-refractivity contribution in [2.24, 2.45) is 0 Å². The summed E-state index contributed by atoms with van der Waals surface area (Å²) < 4.78 is 14.3. The maximum absolute atomic E-state index is 13.8. The number of aromatic nitrogens is 1. The average molecular weight is 525 g/mol. The van der Waals surface area contributed by atoms with Crippen LogP contribution in [-0.2, 0) is 6.54 Å². The van der Waals surface area contributed by atoms with Crippen molar-refractivity contribution in [3.63, 3.8) is 0 Å². The summed E-state index contributed by atoms with van der Waals surface area (Å²) in [6.45, 7) is 12.3. The maximum Gasteiger partial charge on any atom is 0.297 e. The first-order chi connectivity index (χ1) is 18.4. The molecule has 2 aromatic rings. The highest BCUT2D eigenvalue weighted by molar-refractivity contribution is 5.90. The third-order valence-corrected chi connectivity index (χ3v) is 6.93. The van der Waals surface area contributed by atoms with Crippen molar-refractivity contribution in [1.82, 2.24) is 4.57 Å². The van der Waals surface area contributed by atoms with Gasteiger partial charge < -0.3 is 19.8 Å². The van der Waals surface area contributed by atoms with Crippen molar-refractivity contribution in [1.29, 1.82) is 0 Å². The van der Waals surface area contributed by atoms with Gasteiger partial charge in [-0.05, 0) is 70.7 Å². The SMILES string of the molecule is CCCCCCCCn1c(=O)c(OC/C=C(\C)CCC=C(C)C)c(OCCCCCC)c2ccc(N)cc21. The van der Waals surface area contributed by atoms with Crippen molar-refractivity contribution >= 4 is 16.6 Å². The largest absolute Gasteiger partial charge is 0.489 e. The van der Waals surface area contributed by atoms with Crippen molar-refractivity contribution in [2.45, 2.75) is 118 Å². The van der Waals surface area contributed by atoms with E-state index in [0.29, 0.717) is 36.9 Å². The van der Waals surface area contributed by atoms with Gasteiger partial charge in [0, 0.05) is 17.6 Å². The number of fused-ring (bicyclic) bond motifs is 1. The van der Waals surface area contributed by atoms with Crippen molar-refractivity contribution in [2.75, 3.05) is 18.9 Å². The summed E-state index contributed by atoms with van der Waals surface area (Å²) in [5, 5.41) is 0.888. The quantitative estimate of drug-likeness (QED) is 0.113. The van der Waals surface area contributed by atoms with Crippen LogP contribution in [0.4, 0.5) is 5.69 Å². The molecule has 0 spiro atoms. The van der Waals surface area contributed by atoms with Gasteiger partial charge in [0.2, 0.25) is 5.75 Å². The molecule has 0 amide bonds. The number of anilines is 1. The van der Waals surface area contributed by atoms with Gasteiger partial charge in [0.1, 0.15) is 6.61 Å². The summed E-state index contributed by atoms with van der Waals surface area (Å²) in [4.78, 5) is 13.8. The van der Waals surface area contributed by atoms with Crippen LogP contribution in [0.5, 0.6) is 11.5 Å². The summed E-state index contributed by atoms with van der Waals surface area (Å²) in [5.41, 5.74) is 10.1. The monoisotopic (exact) mass is 524 g/mol. The van der Waals surface area contributed by atoms with E-state index in [0.717, 1.165) is 49.4 Å². The highest BCUT2D eigenvalue weighted by atomic mass is 16.5. The molecule has 0 saturated carbocycles. The Morgan fingerprint density at radius 3 is 2.26 bits per heavy atom. The average Bonchev–Trinajstić information content (AvgIpc) is 2.88. The third-order valence-electron chi connectivity index (χ3n) is 6.93. The molecule has 0 aliphatic carbocycles. The van der Waals surface area contributed by atoms with Gasteiger partial charge in [-0.2, -0.15) is 0 Å². The van der Waals surface area contributed by atoms with Crippen LogP contribution in [0.25, 0.3) is 10.9 Å². The van der Waals surface area contributed by atoms with Gasteiger partial charge in [0.15, 0.2) is 5.75 Å². The van der Waals surface area contributed by atoms with Gasteiger partial charge >= 0.3 is 0 Å². The lowest BCUT2D eigenvalue weighted by Crippen LogP contribution is -2.24. The minimum atomic E-state index is -0.129. The number of unbranched alkanes of at least 4 members (excludes halogenated alkanes) is 8. The molecule has 0 saturated heterocycles. The summed E-state index contributed by atoms with van der Waals surface area (Å²) >= 11 is 0. The number of nitrogen functional groups attached to an aromatic ring is 1. The first kappa shape index (κ1) is 31.5. The second-order valence-electron chi connectivity index (χ2n) is 10.8. The lowest BCUT2D eigenvalue weighted by molar-refractivity contribution is 0.275. The van der Waals surface area contributed by atoms with Crippen LogP contribution in [-0.4, -0.2) is 17.8 Å². The maximum atomic E-state index is 13.8. The third kappa shape index (κ3) is 10.6. The topological polar surface area (TPSA) is 66.5 Å². The first-order valence-corrected chi connectivity index (χ1v) is 14.9. The molecular formula is C33H52N2O3. The summed E-state index contributed by atoms with van der Waals surface area (Å²) in [5.74, 6) is 0.869. The Morgan fingerprint density at radius 2 is 1.55 bits per heavy atom. The Hall–Kier alpha value is -2.69. The molecule has 0 bridgehead atoms. The summed E-state index contributed by atoms with van der Waals surface area (Å²) in [7, 11) is 0. The molecule has 5 nitrogen and oxygen atoms in total. The number of rotatable bonds is 19. The van der Waals surface area contributed by atoms with E-state index in [1.165, 1.54) is 49.7 Å². The zero-order valence-electron chi connectivity index (χ0n) is 24.7. The van der Waals surface area contributed by atoms with Crippen LogP contribution >= 0.6 is 0 Å². The number of nitrogens with two attached hydrogens (primary N) is 1. The summed E-state index contributed by atoms with van der Waals surface area (Å²) in [6.07, 6.45) is 17.7. The van der Waals surface area contributed by atoms with Gasteiger partial charge in [-0.25, -0.2) is 0 Å². The molecule has 1 aromatic heterocycles. The molecule has 212 valence electrons. The number of nitrogens with zero attached hydrogens (tertiary/aromatic N) is 1. The van der Waals surface area contributed by atoms with E-state index in [-0.39, 0.29) is 5.56 Å². The Balaban J connectivity index is 2.35. The minimum absolute atomic E-state index is 0.129. The molecule has 38 heavy (non-hydrogen) atoms. The normalized spacial score (nSPS) is 11.7. The van der Waals surface area contributed by atoms with Crippen LogP contribution in [0.1, 0.15) is 112 Å². The zero-order valence-corrected chi connectivity index (χ0v) is 24.7. The van der Waals surface area contributed by atoms with Crippen LogP contribution in [0.2, 0.25) is 0 Å². The van der Waals surface area contributed by atoms with Crippen molar-refractivity contribution in [3.05, 3.63) is 51.9 Å². The van der Waals surface area contributed by atoms with Gasteiger partial charge in [0.05, 0.1) is 12.1 Å². The number of ether oxygens (including phenoxy) is 2. The Bertz CT molecular complexity index is 1090. The molecular weight excluding hydrogens is 472 g/mol. The molecule has 2 N–H and O–H groups in total. The number of benzene rings is 1. The van der Waals surface area contributed by atoms with Gasteiger partial charge in [-0.1, -0.05) is 82.4 Å². The predicted molar refractivity (Wildman–Crippen MR) is 164 cm³/mol. The van der Waals surface area contributed by atoms with E-state index < -0.39 is 0 Å². The molecule has 5 heteroatoms. The lowest BCUT2D eigenvalue weighted by atomic mass is 10.1. The number of hydrogen-bond acceptors (Lipinski definition) is 4. The Morgan fingerprint density at radius 1 is 0.868 bits per heavy atom. The van der Waals surface area contributed by atoms with Crippen molar-refractivity contribution in [3.8, 4) is 11.5 Å². The molecule has 2 rings (SSSR count). The fourth-order valence-electron chi connectivity index (χ4n) is 4.62. The fourth-order valence-corrected chi connectivity index (χ4v) is 4.62. The van der Waals surface area contributed by atoms with Crippen LogP contribution in [0, 0.1) is 0 Å². The number of aryl methyl sites for hydroxylation is 1. The highest BCUT2D eigenvalue weighted by Crippen LogP contribution is 2.34. The summed E-state index contributed by atoms with van der Waals surface area (Å²) in [6, 6.07) is 5.74. The number of pyridine rings is 1. The van der Waals surface area contributed by atoms with Crippen LogP contribution in [0.15, 0.2) is 46.3 Å². The standard InChI is InChI=1S/C33H52N2O3/c1-6-8-10-12-13-14-22-35-30-25-28(34)19-20-29(30)31(37-23-15-11-9-7-2)32(33(35)36)38-24-21-27(5)18-16-17-26(3)4/h17,19-21,25H,6-16,18,22-24,34H2,1-5H3/b27-21+. The van der Waals surface area contributed by atoms with Crippen LogP contribution < -0.4 is 20.8 Å². The van der Waals surface area contributed by atoms with E-state index in [1.807, 2.05) is 22.8 Å². The predicted octanol–water partition coefficient (Wildman–Crippen LogP) is 8.97. The van der Waals surface area contributed by atoms with Crippen LogP contribution in [0.3, 0.4) is 0 Å². The molecule has 1 heterocycles. The van der Waals surface area contributed by atoms with E-state index >= 15 is 0 Å². The molecule has 0 aliphatic heterocycles. The highest BCUT2D eigenvalue weighted by Gasteiger charge is 2.20. The zero-order chi connectivity index (χ0) is 27.8. The molecule has 0 atom stereocenters. The Labute approximate surface area is 231 Å². The number of hydrogen-bond donors (Lipinski definition) is 1. The van der Waals surface area contributed by atoms with Crippen molar-refractivity contribution < 1.29 is 9.47 Å². The lowest BCUT2D eigenvalue weighted by Gasteiger charge is -2.19. The second kappa shape index (κ2) is 17.8. The molecule has 0 aliphatic rings. The van der Waals surface area contributed by atoms with Gasteiger partial charge in [-0.15, -0.1) is 0 Å². The molecule has 0 unspecified atom stereocenters. The number of allylic oxidation sites excluding steroid dienone is 3. The molecule has 0 fully saturated rings. The first-order valence-electron chi connectivity index (χ1n) is 14.9. The smallest absolute Gasteiger partial charge is 0.297 e. The second-order valence-corrected chi connectivity index (χ2v) is 10.8. The van der Waals surface area contributed by atoms with E-state index in [1.54, 1.807) is 0 Å². The van der Waals surface area contributed by atoms with Gasteiger partial charge in [-0.3, -0.25) is 4.79 Å². The van der Waals surface area contributed by atoms with E-state index in [9.17, 15) is 4.79 Å². The Kier molecular flexibility index (Phi) is 14.7. The van der Waals surface area contributed by atoms with Gasteiger partial charge in [0.25, 0.3) is 5.56 Å².